The molecule has 1 aromatic heterocycles. The fourth-order valence-corrected chi connectivity index (χ4v) is 4.35. The number of carbonyl (C=O) groups is 2. The summed E-state index contributed by atoms with van der Waals surface area (Å²) in [6.45, 7) is 4.91. The molecule has 0 saturated carbocycles. The Morgan fingerprint density at radius 2 is 1.91 bits per heavy atom. The molecule has 1 saturated heterocycles. The number of rotatable bonds is 9. The van der Waals surface area contributed by atoms with Gasteiger partial charge in [0, 0.05) is 44.8 Å². The van der Waals surface area contributed by atoms with Crippen LogP contribution < -0.4 is 15.8 Å². The van der Waals surface area contributed by atoms with Gasteiger partial charge in [0.2, 0.25) is 5.88 Å². The van der Waals surface area contributed by atoms with E-state index in [0.29, 0.717) is 6.54 Å². The van der Waals surface area contributed by atoms with Crippen LogP contribution in [-0.4, -0.2) is 84.4 Å². The van der Waals surface area contributed by atoms with Crippen LogP contribution in [0.1, 0.15) is 22.3 Å². The fourth-order valence-electron chi connectivity index (χ4n) is 3.42. The van der Waals surface area contributed by atoms with Gasteiger partial charge in [-0.2, -0.15) is 4.37 Å². The third kappa shape index (κ3) is 6.75. The Hall–Kier alpha value is -2.54. The highest BCUT2D eigenvalue weighted by molar-refractivity contribution is 7.11. The molecular weight excluding hydrogens is 490 g/mol. The molecule has 186 valence electrons. The summed E-state index contributed by atoms with van der Waals surface area (Å²) in [5.74, 6) is -2.91. The summed E-state index contributed by atoms with van der Waals surface area (Å²) in [6, 6.07) is 1.46. The quantitative estimate of drug-likeness (QED) is 0.531. The molecule has 9 nitrogen and oxygen atoms in total. The van der Waals surface area contributed by atoms with Gasteiger partial charge in [0.1, 0.15) is 28.8 Å². The summed E-state index contributed by atoms with van der Waals surface area (Å²) >= 11 is 6.41. The minimum absolute atomic E-state index is 0.0930. The van der Waals surface area contributed by atoms with Crippen LogP contribution in [-0.2, 0) is 6.61 Å². The molecule has 3 rings (SSSR count). The molecule has 3 amide bonds. The maximum absolute atomic E-state index is 14.0. The maximum Gasteiger partial charge on any atom is 0.322 e. The Kier molecular flexibility index (Phi) is 9.00. The lowest BCUT2D eigenvalue weighted by Crippen LogP contribution is -2.45. The molecule has 3 N–H and O–H groups in total. The van der Waals surface area contributed by atoms with E-state index >= 15 is 0 Å². The first-order valence-electron chi connectivity index (χ1n) is 10.6. The van der Waals surface area contributed by atoms with E-state index in [1.165, 1.54) is 4.90 Å². The number of aromatic nitrogens is 1. The second kappa shape index (κ2) is 11.7. The first-order chi connectivity index (χ1) is 16.2. The maximum atomic E-state index is 14.0. The van der Waals surface area contributed by atoms with Crippen molar-refractivity contribution in [3.05, 3.63) is 39.9 Å². The summed E-state index contributed by atoms with van der Waals surface area (Å²) in [4.78, 5) is 30.7. The number of hydrogen-bond acceptors (Lipinski definition) is 7. The summed E-state index contributed by atoms with van der Waals surface area (Å²) < 4.78 is 37.3. The summed E-state index contributed by atoms with van der Waals surface area (Å²) in [7, 11) is 3.74. The molecule has 2 heterocycles. The molecule has 1 fully saturated rings. The predicted octanol–water partition coefficient (Wildman–Crippen LogP) is 2.85. The zero-order chi connectivity index (χ0) is 24.8. The standard InChI is InChI=1S/C21H27ClF2N6O3S/c1-28-6-8-30(9-7-28)5-3-4-29(2)21(32)26-20-17(18(25)31)19(27-34-20)33-12-14-15(23)10-13(22)11-16(14)24/h10-11H,3-9,12H2,1-2H3,(H2,25,31)(H,26,32). The number of piperazine rings is 1. The molecule has 0 spiro atoms. The van der Waals surface area contributed by atoms with Gasteiger partial charge >= 0.3 is 6.03 Å². The Labute approximate surface area is 205 Å². The van der Waals surface area contributed by atoms with Crippen LogP contribution in [0, 0.1) is 11.6 Å². The van der Waals surface area contributed by atoms with Gasteiger partial charge in [-0.15, -0.1) is 0 Å². The molecule has 0 radical (unpaired) electrons. The van der Waals surface area contributed by atoms with Gasteiger partial charge < -0.3 is 25.2 Å². The van der Waals surface area contributed by atoms with Crippen LogP contribution in [0.25, 0.3) is 0 Å². The van der Waals surface area contributed by atoms with Gasteiger partial charge in [0.15, 0.2) is 0 Å². The normalized spacial score (nSPS) is 14.7. The summed E-state index contributed by atoms with van der Waals surface area (Å²) in [6.07, 6.45) is 0.797. The van der Waals surface area contributed by atoms with Gasteiger partial charge in [-0.1, -0.05) is 11.6 Å². The summed E-state index contributed by atoms with van der Waals surface area (Å²) in [5.41, 5.74) is 4.90. The molecule has 34 heavy (non-hydrogen) atoms. The Morgan fingerprint density at radius 3 is 2.53 bits per heavy atom. The minimum atomic E-state index is -0.896. The molecule has 0 aliphatic carbocycles. The lowest BCUT2D eigenvalue weighted by Gasteiger charge is -2.32. The average Bonchev–Trinajstić information content (AvgIpc) is 3.16. The van der Waals surface area contributed by atoms with E-state index in [1.54, 1.807) is 7.05 Å². The van der Waals surface area contributed by atoms with Crippen molar-refractivity contribution in [1.29, 1.82) is 0 Å². The number of likely N-dealkylation sites (N-methyl/N-ethyl adjacent to an activating group) is 1. The predicted molar refractivity (Wildman–Crippen MR) is 127 cm³/mol. The molecule has 1 aromatic carbocycles. The van der Waals surface area contributed by atoms with Crippen LogP contribution in [0.4, 0.5) is 18.6 Å². The van der Waals surface area contributed by atoms with E-state index in [2.05, 4.69) is 26.5 Å². The molecular formula is C21H27ClF2N6O3S. The van der Waals surface area contributed by atoms with E-state index in [-0.39, 0.29) is 27.0 Å². The monoisotopic (exact) mass is 516 g/mol. The molecule has 0 unspecified atom stereocenters. The van der Waals surface area contributed by atoms with Crippen molar-refractivity contribution in [1.82, 2.24) is 19.1 Å². The highest BCUT2D eigenvalue weighted by Crippen LogP contribution is 2.31. The Bertz CT molecular complexity index is 1010. The molecule has 0 atom stereocenters. The van der Waals surface area contributed by atoms with Crippen molar-refractivity contribution in [2.75, 3.05) is 58.7 Å². The number of halogens is 3. The van der Waals surface area contributed by atoms with E-state index in [4.69, 9.17) is 22.1 Å². The first-order valence-corrected chi connectivity index (χ1v) is 11.8. The SMILES string of the molecule is CN1CCN(CCCN(C)C(=O)Nc2snc(OCc3c(F)cc(Cl)cc3F)c2C(N)=O)CC1. The fraction of sp³-hybridized carbons (Fsp3) is 0.476. The van der Waals surface area contributed by atoms with Crippen molar-refractivity contribution in [3.8, 4) is 5.88 Å². The lowest BCUT2D eigenvalue weighted by atomic mass is 10.2. The Balaban J connectivity index is 1.57. The van der Waals surface area contributed by atoms with Gasteiger partial charge in [-0.3, -0.25) is 10.1 Å². The van der Waals surface area contributed by atoms with Crippen molar-refractivity contribution in [2.45, 2.75) is 13.0 Å². The van der Waals surface area contributed by atoms with E-state index in [9.17, 15) is 18.4 Å². The number of urea groups is 1. The second-order valence-corrected chi connectivity index (χ2v) is 9.25. The van der Waals surface area contributed by atoms with Gasteiger partial charge in [0.25, 0.3) is 5.91 Å². The topological polar surface area (TPSA) is 104 Å². The van der Waals surface area contributed by atoms with Gasteiger partial charge in [0.05, 0.1) is 5.56 Å². The minimum Gasteiger partial charge on any atom is -0.471 e. The van der Waals surface area contributed by atoms with Crippen molar-refractivity contribution in [3.63, 3.8) is 0 Å². The number of ether oxygens (including phenoxy) is 1. The van der Waals surface area contributed by atoms with Crippen LogP contribution in [0.2, 0.25) is 5.02 Å². The van der Waals surface area contributed by atoms with E-state index < -0.39 is 30.2 Å². The molecule has 13 heteroatoms. The molecule has 1 aliphatic rings. The largest absolute Gasteiger partial charge is 0.471 e. The van der Waals surface area contributed by atoms with Gasteiger partial charge in [-0.25, -0.2) is 13.6 Å². The zero-order valence-electron chi connectivity index (χ0n) is 18.9. The van der Waals surface area contributed by atoms with Crippen molar-refractivity contribution < 1.29 is 23.1 Å². The number of benzene rings is 1. The average molecular weight is 517 g/mol. The highest BCUT2D eigenvalue weighted by atomic mass is 35.5. The highest BCUT2D eigenvalue weighted by Gasteiger charge is 2.24. The zero-order valence-corrected chi connectivity index (χ0v) is 20.5. The number of anilines is 1. The van der Waals surface area contributed by atoms with E-state index in [1.807, 2.05) is 0 Å². The molecule has 1 aliphatic heterocycles. The van der Waals surface area contributed by atoms with Crippen LogP contribution in [0.5, 0.6) is 5.88 Å². The number of amides is 3. The third-order valence-corrected chi connectivity index (χ3v) is 6.46. The number of primary amides is 1. The van der Waals surface area contributed by atoms with Gasteiger partial charge in [-0.05, 0) is 43.7 Å². The van der Waals surface area contributed by atoms with Crippen LogP contribution >= 0.6 is 23.1 Å². The number of nitrogens with two attached hydrogens (primary N) is 1. The number of nitrogens with one attached hydrogen (secondary N) is 1. The first kappa shape index (κ1) is 26.1. The Morgan fingerprint density at radius 1 is 1.26 bits per heavy atom. The second-order valence-electron chi connectivity index (χ2n) is 8.04. The smallest absolute Gasteiger partial charge is 0.322 e. The van der Waals surface area contributed by atoms with Crippen LogP contribution in [0.3, 0.4) is 0 Å². The number of nitrogens with zero attached hydrogens (tertiary/aromatic N) is 4. The number of hydrogen-bond donors (Lipinski definition) is 2. The van der Waals surface area contributed by atoms with Crippen LogP contribution in [0.15, 0.2) is 12.1 Å². The summed E-state index contributed by atoms with van der Waals surface area (Å²) in [5, 5.41) is 2.61. The molecule has 0 bridgehead atoms. The van der Waals surface area contributed by atoms with E-state index in [0.717, 1.165) is 62.8 Å². The van der Waals surface area contributed by atoms with Crippen molar-refractivity contribution in [2.24, 2.45) is 5.73 Å². The third-order valence-electron chi connectivity index (χ3n) is 5.50. The lowest BCUT2D eigenvalue weighted by molar-refractivity contribution is 0.0996. The number of carbonyl (C=O) groups excluding carboxylic acids is 2. The molecule has 2 aromatic rings. The van der Waals surface area contributed by atoms with Crippen molar-refractivity contribution >= 4 is 40.1 Å².